The van der Waals surface area contributed by atoms with Gasteiger partial charge in [0, 0.05) is 6.20 Å². The number of halogens is 3. The first-order valence-electron chi connectivity index (χ1n) is 4.18. The smallest absolute Gasteiger partial charge is 0.418 e. The molecule has 0 bridgehead atoms. The molecule has 1 N–H and O–H groups in total. The van der Waals surface area contributed by atoms with E-state index < -0.39 is 23.4 Å². The first-order chi connectivity index (χ1) is 6.93. The summed E-state index contributed by atoms with van der Waals surface area (Å²) in [6.07, 6.45) is -3.68. The van der Waals surface area contributed by atoms with Gasteiger partial charge in [-0.15, -0.1) is 0 Å². The molecule has 0 radical (unpaired) electrons. The monoisotopic (exact) mass is 221 g/mol. The van der Waals surface area contributed by atoms with Gasteiger partial charge in [-0.05, 0) is 12.1 Å². The topological polar surface area (TPSA) is 50.2 Å². The van der Waals surface area contributed by atoms with E-state index in [1.54, 1.807) is 0 Å². The van der Waals surface area contributed by atoms with Gasteiger partial charge in [0.1, 0.15) is 0 Å². The van der Waals surface area contributed by atoms with Crippen LogP contribution in [0.1, 0.15) is 29.9 Å². The fourth-order valence-corrected chi connectivity index (χ4v) is 0.804. The molecule has 0 atom stereocenters. The number of aromatic nitrogens is 1. The molecule has 0 saturated heterocycles. The Balaban J connectivity index is 0.000000921. The molecule has 0 aromatic carbocycles. The van der Waals surface area contributed by atoms with Gasteiger partial charge >= 0.3 is 12.1 Å². The normalized spacial score (nSPS) is 10.2. The van der Waals surface area contributed by atoms with Gasteiger partial charge in [0.15, 0.2) is 5.69 Å². The number of nitrogens with zero attached hydrogens (tertiary/aromatic N) is 1. The fourth-order valence-electron chi connectivity index (χ4n) is 0.804. The highest BCUT2D eigenvalue weighted by molar-refractivity contribution is 5.87. The van der Waals surface area contributed by atoms with Crippen molar-refractivity contribution in [3.63, 3.8) is 0 Å². The molecule has 0 aliphatic carbocycles. The number of carbonyl (C=O) groups is 1. The van der Waals surface area contributed by atoms with Gasteiger partial charge in [0.05, 0.1) is 5.56 Å². The number of hydrogen-bond donors (Lipinski definition) is 1. The van der Waals surface area contributed by atoms with Crippen LogP contribution in [0.2, 0.25) is 0 Å². The van der Waals surface area contributed by atoms with Crippen molar-refractivity contribution in [2.45, 2.75) is 20.0 Å². The van der Waals surface area contributed by atoms with Crippen molar-refractivity contribution >= 4 is 5.97 Å². The minimum atomic E-state index is -4.68. The highest BCUT2D eigenvalue weighted by Gasteiger charge is 2.35. The van der Waals surface area contributed by atoms with E-state index in [0.29, 0.717) is 6.07 Å². The lowest BCUT2D eigenvalue weighted by Crippen LogP contribution is -2.14. The van der Waals surface area contributed by atoms with Gasteiger partial charge < -0.3 is 5.11 Å². The molecule has 84 valence electrons. The zero-order valence-corrected chi connectivity index (χ0v) is 8.17. The van der Waals surface area contributed by atoms with Gasteiger partial charge in [-0.1, -0.05) is 13.8 Å². The minimum Gasteiger partial charge on any atom is -0.476 e. The molecule has 0 amide bonds. The van der Waals surface area contributed by atoms with Gasteiger partial charge in [-0.25, -0.2) is 9.78 Å². The Bertz CT molecular complexity index is 336. The summed E-state index contributed by atoms with van der Waals surface area (Å²) in [6, 6.07) is 1.71. The standard InChI is InChI=1S/C7H4F3NO2.C2H6/c8-7(9,10)4-2-1-3-11-5(4)6(12)13;1-2/h1-3H,(H,12,13);1-2H3. The minimum absolute atomic E-state index is 0.677. The fraction of sp³-hybridized carbons (Fsp3) is 0.333. The Labute approximate surface area is 84.6 Å². The Morgan fingerprint density at radius 3 is 2.27 bits per heavy atom. The average molecular weight is 221 g/mol. The maximum absolute atomic E-state index is 12.1. The van der Waals surface area contributed by atoms with Crippen molar-refractivity contribution in [3.05, 3.63) is 29.6 Å². The van der Waals surface area contributed by atoms with E-state index in [9.17, 15) is 18.0 Å². The number of hydrogen-bond acceptors (Lipinski definition) is 2. The SMILES string of the molecule is CC.O=C(O)c1ncccc1C(F)(F)F. The Morgan fingerprint density at radius 1 is 1.40 bits per heavy atom. The second-order valence-corrected chi connectivity index (χ2v) is 2.20. The molecule has 0 fully saturated rings. The molecule has 0 spiro atoms. The molecular formula is C9H10F3NO2. The molecule has 15 heavy (non-hydrogen) atoms. The molecule has 1 aromatic rings. The van der Waals surface area contributed by atoms with Gasteiger partial charge in [-0.2, -0.15) is 13.2 Å². The van der Waals surface area contributed by atoms with E-state index in [2.05, 4.69) is 4.98 Å². The third kappa shape index (κ3) is 3.57. The van der Waals surface area contributed by atoms with E-state index >= 15 is 0 Å². The van der Waals surface area contributed by atoms with Crippen molar-refractivity contribution in [3.8, 4) is 0 Å². The molecule has 0 unspecified atom stereocenters. The number of pyridine rings is 1. The van der Waals surface area contributed by atoms with E-state index in [0.717, 1.165) is 12.3 Å². The maximum atomic E-state index is 12.1. The number of carboxylic acids is 1. The van der Waals surface area contributed by atoms with Crippen molar-refractivity contribution in [1.29, 1.82) is 0 Å². The van der Waals surface area contributed by atoms with Crippen molar-refractivity contribution in [2.24, 2.45) is 0 Å². The van der Waals surface area contributed by atoms with Crippen LogP contribution in [0.15, 0.2) is 18.3 Å². The van der Waals surface area contributed by atoms with Gasteiger partial charge in [-0.3, -0.25) is 0 Å². The summed E-state index contributed by atoms with van der Waals surface area (Å²) in [7, 11) is 0. The summed E-state index contributed by atoms with van der Waals surface area (Å²) in [5.41, 5.74) is -2.21. The highest BCUT2D eigenvalue weighted by Crippen LogP contribution is 2.30. The predicted octanol–water partition coefficient (Wildman–Crippen LogP) is 2.82. The molecule has 1 rings (SSSR count). The number of alkyl halides is 3. The van der Waals surface area contributed by atoms with Crippen LogP contribution in [0.4, 0.5) is 13.2 Å². The number of carboxylic acid groups (broad SMARTS) is 1. The summed E-state index contributed by atoms with van der Waals surface area (Å²) >= 11 is 0. The summed E-state index contributed by atoms with van der Waals surface area (Å²) in [4.78, 5) is 13.4. The molecule has 1 heterocycles. The van der Waals surface area contributed by atoms with Crippen LogP contribution in [0.5, 0.6) is 0 Å². The van der Waals surface area contributed by atoms with Crippen LogP contribution in [-0.4, -0.2) is 16.1 Å². The summed E-state index contributed by atoms with van der Waals surface area (Å²) in [5.74, 6) is -1.69. The zero-order chi connectivity index (χ0) is 12.1. The average Bonchev–Trinajstić information content (AvgIpc) is 2.19. The van der Waals surface area contributed by atoms with Crippen LogP contribution < -0.4 is 0 Å². The van der Waals surface area contributed by atoms with Crippen molar-refractivity contribution < 1.29 is 23.1 Å². The van der Waals surface area contributed by atoms with Crippen LogP contribution in [0.25, 0.3) is 0 Å². The molecule has 3 nitrogen and oxygen atoms in total. The van der Waals surface area contributed by atoms with Crippen LogP contribution in [-0.2, 0) is 6.18 Å². The molecule has 1 aromatic heterocycles. The maximum Gasteiger partial charge on any atom is 0.418 e. The van der Waals surface area contributed by atoms with Gasteiger partial charge in [0.2, 0.25) is 0 Å². The largest absolute Gasteiger partial charge is 0.476 e. The summed E-state index contributed by atoms with van der Waals surface area (Å²) in [5, 5.41) is 8.37. The molecular weight excluding hydrogens is 211 g/mol. The quantitative estimate of drug-likeness (QED) is 0.793. The van der Waals surface area contributed by atoms with Crippen LogP contribution >= 0.6 is 0 Å². The summed E-state index contributed by atoms with van der Waals surface area (Å²) < 4.78 is 36.3. The first-order valence-corrected chi connectivity index (χ1v) is 4.18. The van der Waals surface area contributed by atoms with Gasteiger partial charge in [0.25, 0.3) is 0 Å². The third-order valence-electron chi connectivity index (χ3n) is 1.32. The molecule has 0 aliphatic rings. The second-order valence-electron chi connectivity index (χ2n) is 2.20. The van der Waals surface area contributed by atoms with E-state index in [1.807, 2.05) is 13.8 Å². The van der Waals surface area contributed by atoms with Crippen LogP contribution in [0, 0.1) is 0 Å². The second kappa shape index (κ2) is 5.33. The van der Waals surface area contributed by atoms with Crippen molar-refractivity contribution in [1.82, 2.24) is 4.98 Å². The molecule has 0 aliphatic heterocycles. The zero-order valence-electron chi connectivity index (χ0n) is 8.17. The molecule has 6 heteroatoms. The Kier molecular flexibility index (Phi) is 4.77. The third-order valence-corrected chi connectivity index (χ3v) is 1.32. The Hall–Kier alpha value is -1.59. The van der Waals surface area contributed by atoms with E-state index in [4.69, 9.17) is 5.11 Å². The van der Waals surface area contributed by atoms with E-state index in [-0.39, 0.29) is 0 Å². The number of aromatic carboxylic acids is 1. The molecule has 0 saturated carbocycles. The lowest BCUT2D eigenvalue weighted by Gasteiger charge is -2.07. The van der Waals surface area contributed by atoms with Crippen molar-refractivity contribution in [2.75, 3.05) is 0 Å². The lowest BCUT2D eigenvalue weighted by molar-refractivity contribution is -0.138. The Morgan fingerprint density at radius 2 is 1.93 bits per heavy atom. The lowest BCUT2D eigenvalue weighted by atomic mass is 10.2. The first kappa shape index (κ1) is 13.4. The highest BCUT2D eigenvalue weighted by atomic mass is 19.4. The van der Waals surface area contributed by atoms with Crippen LogP contribution in [0.3, 0.4) is 0 Å². The summed E-state index contributed by atoms with van der Waals surface area (Å²) in [6.45, 7) is 4.00. The number of rotatable bonds is 1. The van der Waals surface area contributed by atoms with E-state index in [1.165, 1.54) is 0 Å². The predicted molar refractivity (Wildman–Crippen MR) is 47.5 cm³/mol.